The minimum absolute atomic E-state index is 0.0267. The summed E-state index contributed by atoms with van der Waals surface area (Å²) in [4.78, 5) is 4.12. The van der Waals surface area contributed by atoms with E-state index in [0.717, 1.165) is 5.56 Å². The molecule has 0 radical (unpaired) electrons. The first-order chi connectivity index (χ1) is 7.56. The summed E-state index contributed by atoms with van der Waals surface area (Å²) in [6.07, 6.45) is -0.383. The van der Waals surface area contributed by atoms with E-state index in [1.807, 2.05) is 0 Å². The molecule has 0 aliphatic carbocycles. The van der Waals surface area contributed by atoms with Crippen LogP contribution < -0.4 is 16.4 Å². The molecule has 1 aliphatic rings. The van der Waals surface area contributed by atoms with Crippen LogP contribution in [0.1, 0.15) is 11.7 Å². The number of aromatic hydroxyl groups is 1. The van der Waals surface area contributed by atoms with E-state index < -0.39 is 0 Å². The van der Waals surface area contributed by atoms with Gasteiger partial charge in [0.15, 0.2) is 11.1 Å². The molecule has 1 aromatic carbocycles. The van der Waals surface area contributed by atoms with E-state index in [4.69, 9.17) is 29.6 Å². The van der Waals surface area contributed by atoms with Crippen molar-refractivity contribution in [3.63, 3.8) is 0 Å². The maximum atomic E-state index is 9.30. The Morgan fingerprint density at radius 2 is 2.25 bits per heavy atom. The highest BCUT2D eigenvalue weighted by Gasteiger charge is 2.17. The smallest absolute Gasteiger partial charge is 0.197 e. The van der Waals surface area contributed by atoms with Crippen molar-refractivity contribution in [2.45, 2.75) is 6.17 Å². The third kappa shape index (κ3) is 2.17. The average Bonchev–Trinajstić information content (AvgIpc) is 2.20. The third-order valence-corrected chi connectivity index (χ3v) is 2.59. The van der Waals surface area contributed by atoms with Gasteiger partial charge in [0.25, 0.3) is 0 Å². The Labute approximate surface area is 102 Å². The zero-order valence-electron chi connectivity index (χ0n) is 8.07. The number of nitrogens with zero attached hydrogens (tertiary/aromatic N) is 1. The van der Waals surface area contributed by atoms with Crippen molar-refractivity contribution in [1.82, 2.24) is 10.6 Å². The van der Waals surface area contributed by atoms with Crippen LogP contribution in [-0.4, -0.2) is 16.2 Å². The van der Waals surface area contributed by atoms with Crippen LogP contribution in [0.4, 0.5) is 0 Å². The van der Waals surface area contributed by atoms with E-state index in [9.17, 15) is 5.11 Å². The number of phenols is 1. The number of halogens is 1. The summed E-state index contributed by atoms with van der Waals surface area (Å²) in [6, 6.07) is 4.80. The van der Waals surface area contributed by atoms with Crippen LogP contribution >= 0.6 is 23.8 Å². The van der Waals surface area contributed by atoms with Crippen molar-refractivity contribution in [1.29, 1.82) is 0 Å². The Bertz CT molecular complexity index is 477. The lowest BCUT2D eigenvalue weighted by atomic mass is 10.1. The molecule has 84 valence electrons. The molecule has 0 saturated carbocycles. The second-order valence-electron chi connectivity index (χ2n) is 3.23. The Balaban J connectivity index is 2.33. The summed E-state index contributed by atoms with van der Waals surface area (Å²) in [6.45, 7) is 0. The Morgan fingerprint density at radius 3 is 2.88 bits per heavy atom. The highest BCUT2D eigenvalue weighted by Crippen LogP contribution is 2.27. The SMILES string of the molecule is NC1=N[C@H](c2ccc(O)c(Cl)c2)NC(=S)N1. The van der Waals surface area contributed by atoms with Gasteiger partial charge in [0.1, 0.15) is 11.9 Å². The number of guanidine groups is 1. The van der Waals surface area contributed by atoms with Crippen molar-refractivity contribution in [3.05, 3.63) is 28.8 Å². The highest BCUT2D eigenvalue weighted by atomic mass is 35.5. The van der Waals surface area contributed by atoms with Crippen LogP contribution in [0.2, 0.25) is 5.02 Å². The lowest BCUT2D eigenvalue weighted by Gasteiger charge is -2.23. The molecule has 1 heterocycles. The number of rotatable bonds is 1. The quantitative estimate of drug-likeness (QED) is 0.560. The summed E-state index contributed by atoms with van der Waals surface area (Å²) in [7, 11) is 0. The molecule has 0 unspecified atom stereocenters. The molecular formula is C9H9ClN4OS. The number of aliphatic imine (C=N–C) groups is 1. The molecule has 2 rings (SSSR count). The standard InChI is InChI=1S/C9H9ClN4OS/c10-5-3-4(1-2-6(5)15)7-12-8(11)14-9(16)13-7/h1-3,7,15H,(H4,11,12,13,14,16)/t7-/m0/s1. The molecule has 0 saturated heterocycles. The fourth-order valence-corrected chi connectivity index (χ4v) is 1.74. The molecule has 0 spiro atoms. The van der Waals surface area contributed by atoms with Gasteiger partial charge in [-0.3, -0.25) is 0 Å². The van der Waals surface area contributed by atoms with E-state index in [-0.39, 0.29) is 22.9 Å². The summed E-state index contributed by atoms with van der Waals surface area (Å²) in [5.74, 6) is 0.275. The van der Waals surface area contributed by atoms with E-state index >= 15 is 0 Å². The van der Waals surface area contributed by atoms with Crippen molar-refractivity contribution in [3.8, 4) is 5.75 Å². The molecule has 1 aromatic rings. The van der Waals surface area contributed by atoms with Crippen LogP contribution in [-0.2, 0) is 0 Å². The normalized spacial score (nSPS) is 19.7. The Hall–Kier alpha value is -1.53. The summed E-state index contributed by atoms with van der Waals surface area (Å²) >= 11 is 10.8. The van der Waals surface area contributed by atoms with Crippen LogP contribution in [0.3, 0.4) is 0 Å². The molecule has 1 aliphatic heterocycles. The predicted octanol–water partition coefficient (Wildman–Crippen LogP) is 0.837. The summed E-state index contributed by atoms with van der Waals surface area (Å²) in [5, 5.41) is 15.6. The van der Waals surface area contributed by atoms with E-state index in [0.29, 0.717) is 5.11 Å². The highest BCUT2D eigenvalue weighted by molar-refractivity contribution is 7.80. The van der Waals surface area contributed by atoms with Crippen molar-refractivity contribution >= 4 is 34.9 Å². The lowest BCUT2D eigenvalue weighted by molar-refractivity contribution is 0.475. The number of nitrogens with two attached hydrogens (primary N) is 1. The van der Waals surface area contributed by atoms with Gasteiger partial charge >= 0.3 is 0 Å². The van der Waals surface area contributed by atoms with Gasteiger partial charge in [-0.05, 0) is 29.9 Å². The van der Waals surface area contributed by atoms with Gasteiger partial charge in [-0.25, -0.2) is 4.99 Å². The molecule has 0 bridgehead atoms. The third-order valence-electron chi connectivity index (χ3n) is 2.07. The van der Waals surface area contributed by atoms with Crippen LogP contribution in [0.15, 0.2) is 23.2 Å². The molecule has 0 amide bonds. The maximum absolute atomic E-state index is 9.30. The number of benzene rings is 1. The number of hydrogen-bond acceptors (Lipinski definition) is 4. The molecule has 7 heteroatoms. The van der Waals surface area contributed by atoms with Gasteiger partial charge in [0.05, 0.1) is 5.02 Å². The summed E-state index contributed by atoms with van der Waals surface area (Å²) in [5.41, 5.74) is 6.32. The minimum atomic E-state index is -0.383. The van der Waals surface area contributed by atoms with Crippen LogP contribution in [0.5, 0.6) is 5.75 Å². The zero-order chi connectivity index (χ0) is 11.7. The van der Waals surface area contributed by atoms with Gasteiger partial charge < -0.3 is 21.5 Å². The van der Waals surface area contributed by atoms with Crippen LogP contribution in [0, 0.1) is 0 Å². The number of nitrogens with one attached hydrogen (secondary N) is 2. The van der Waals surface area contributed by atoms with Gasteiger partial charge in [-0.2, -0.15) is 0 Å². The van der Waals surface area contributed by atoms with E-state index in [1.54, 1.807) is 12.1 Å². The lowest BCUT2D eigenvalue weighted by Crippen LogP contribution is -2.49. The fraction of sp³-hybridized carbons (Fsp3) is 0.111. The number of phenolic OH excluding ortho intramolecular Hbond substituents is 1. The molecule has 0 fully saturated rings. The second kappa shape index (κ2) is 4.15. The van der Waals surface area contributed by atoms with Crippen molar-refractivity contribution in [2.75, 3.05) is 0 Å². The number of thiocarbonyl (C=S) groups is 1. The maximum Gasteiger partial charge on any atom is 0.197 e. The van der Waals surface area contributed by atoms with E-state index in [1.165, 1.54) is 6.07 Å². The second-order valence-corrected chi connectivity index (χ2v) is 4.04. The van der Waals surface area contributed by atoms with Crippen LogP contribution in [0.25, 0.3) is 0 Å². The topological polar surface area (TPSA) is 82.7 Å². The Kier molecular flexibility index (Phi) is 2.84. The van der Waals surface area contributed by atoms with Gasteiger partial charge in [-0.1, -0.05) is 17.7 Å². The van der Waals surface area contributed by atoms with Gasteiger partial charge in [0, 0.05) is 0 Å². The van der Waals surface area contributed by atoms with Crippen molar-refractivity contribution in [2.24, 2.45) is 10.7 Å². The molecule has 0 aromatic heterocycles. The van der Waals surface area contributed by atoms with Crippen molar-refractivity contribution < 1.29 is 5.11 Å². The summed E-state index contributed by atoms with van der Waals surface area (Å²) < 4.78 is 0. The first-order valence-corrected chi connectivity index (χ1v) is 5.24. The molecule has 5 N–H and O–H groups in total. The van der Waals surface area contributed by atoms with Gasteiger partial charge in [-0.15, -0.1) is 0 Å². The first-order valence-electron chi connectivity index (χ1n) is 4.45. The molecular weight excluding hydrogens is 248 g/mol. The molecule has 16 heavy (non-hydrogen) atoms. The average molecular weight is 257 g/mol. The fourth-order valence-electron chi connectivity index (χ4n) is 1.33. The minimum Gasteiger partial charge on any atom is -0.506 e. The van der Waals surface area contributed by atoms with Gasteiger partial charge in [0.2, 0.25) is 0 Å². The number of hydrogen-bond donors (Lipinski definition) is 4. The Morgan fingerprint density at radius 1 is 1.50 bits per heavy atom. The largest absolute Gasteiger partial charge is 0.506 e. The zero-order valence-corrected chi connectivity index (χ0v) is 9.64. The monoisotopic (exact) mass is 256 g/mol. The molecule has 5 nitrogen and oxygen atoms in total. The first kappa shape index (κ1) is 11.0. The predicted molar refractivity (Wildman–Crippen MR) is 66.3 cm³/mol. The molecule has 1 atom stereocenters. The van der Waals surface area contributed by atoms with E-state index in [2.05, 4.69) is 15.6 Å².